The molecular weight excluding hydrogens is 246 g/mol. The van der Waals surface area contributed by atoms with Crippen LogP contribution in [0.25, 0.3) is 0 Å². The van der Waals surface area contributed by atoms with Gasteiger partial charge in [-0.1, -0.05) is 0 Å². The van der Waals surface area contributed by atoms with Crippen LogP contribution in [-0.2, 0) is 21.9 Å². The van der Waals surface area contributed by atoms with Gasteiger partial charge in [0.2, 0.25) is 10.0 Å². The third-order valence-corrected chi connectivity index (χ3v) is 4.26. The standard InChI is InChI=1S/C9H13N3O4S/c1-12-5-7(4-10-12)17(15,16)11-6-9(2-3-9)8(13)14/h4-5,11H,2-3,6H2,1H3,(H,13,14). The molecule has 0 atom stereocenters. The van der Waals surface area contributed by atoms with Crippen molar-refractivity contribution in [3.63, 3.8) is 0 Å². The van der Waals surface area contributed by atoms with Crippen LogP contribution in [0.3, 0.4) is 0 Å². The molecule has 94 valence electrons. The van der Waals surface area contributed by atoms with E-state index in [1.54, 1.807) is 7.05 Å². The van der Waals surface area contributed by atoms with Crippen LogP contribution < -0.4 is 4.72 Å². The topological polar surface area (TPSA) is 101 Å². The van der Waals surface area contributed by atoms with Gasteiger partial charge in [-0.15, -0.1) is 0 Å². The fourth-order valence-electron chi connectivity index (χ4n) is 1.47. The first-order valence-corrected chi connectivity index (χ1v) is 6.56. The first-order chi connectivity index (χ1) is 7.86. The van der Waals surface area contributed by atoms with Crippen LogP contribution in [0, 0.1) is 5.41 Å². The lowest BCUT2D eigenvalue weighted by atomic mass is 10.1. The Morgan fingerprint density at radius 1 is 1.65 bits per heavy atom. The van der Waals surface area contributed by atoms with Gasteiger partial charge >= 0.3 is 5.97 Å². The Morgan fingerprint density at radius 3 is 2.71 bits per heavy atom. The van der Waals surface area contributed by atoms with Gasteiger partial charge in [0, 0.05) is 19.8 Å². The number of aromatic nitrogens is 2. The van der Waals surface area contributed by atoms with Gasteiger partial charge in [-0.3, -0.25) is 9.48 Å². The third-order valence-electron chi connectivity index (χ3n) is 2.90. The van der Waals surface area contributed by atoms with Crippen LogP contribution in [0.1, 0.15) is 12.8 Å². The van der Waals surface area contributed by atoms with Gasteiger partial charge < -0.3 is 5.11 Å². The van der Waals surface area contributed by atoms with Crippen molar-refractivity contribution < 1.29 is 18.3 Å². The highest BCUT2D eigenvalue weighted by molar-refractivity contribution is 7.89. The lowest BCUT2D eigenvalue weighted by Gasteiger charge is -2.10. The Hall–Kier alpha value is -1.41. The zero-order valence-corrected chi connectivity index (χ0v) is 10.1. The minimum Gasteiger partial charge on any atom is -0.481 e. The maximum Gasteiger partial charge on any atom is 0.310 e. The first kappa shape index (κ1) is 12.1. The van der Waals surface area contributed by atoms with Crippen molar-refractivity contribution >= 4 is 16.0 Å². The summed E-state index contributed by atoms with van der Waals surface area (Å²) in [5.74, 6) is -0.952. The summed E-state index contributed by atoms with van der Waals surface area (Å²) in [6, 6.07) is 0. The largest absolute Gasteiger partial charge is 0.481 e. The van der Waals surface area contributed by atoms with Crippen LogP contribution in [0.2, 0.25) is 0 Å². The van der Waals surface area contributed by atoms with E-state index < -0.39 is 21.4 Å². The van der Waals surface area contributed by atoms with Gasteiger partial charge in [-0.2, -0.15) is 5.10 Å². The number of sulfonamides is 1. The number of carboxylic acid groups (broad SMARTS) is 1. The molecule has 1 heterocycles. The van der Waals surface area contributed by atoms with Crippen molar-refractivity contribution in [2.24, 2.45) is 12.5 Å². The molecule has 2 N–H and O–H groups in total. The SMILES string of the molecule is Cn1cc(S(=O)(=O)NCC2(C(=O)O)CC2)cn1. The third kappa shape index (κ3) is 2.32. The number of nitrogens with zero attached hydrogens (tertiary/aromatic N) is 2. The molecule has 0 aliphatic heterocycles. The van der Waals surface area contributed by atoms with Gasteiger partial charge in [0.05, 0.1) is 11.6 Å². The highest BCUT2D eigenvalue weighted by Crippen LogP contribution is 2.45. The maximum absolute atomic E-state index is 11.8. The van der Waals surface area contributed by atoms with Crippen molar-refractivity contribution in [2.45, 2.75) is 17.7 Å². The quantitative estimate of drug-likeness (QED) is 0.746. The Bertz CT molecular complexity index is 544. The molecular formula is C9H13N3O4S. The molecule has 0 bridgehead atoms. The van der Waals surface area contributed by atoms with Crippen LogP contribution in [0.15, 0.2) is 17.3 Å². The van der Waals surface area contributed by atoms with Crippen molar-refractivity contribution in [1.82, 2.24) is 14.5 Å². The van der Waals surface area contributed by atoms with Gasteiger partial charge in [-0.05, 0) is 12.8 Å². The molecule has 0 amide bonds. The Morgan fingerprint density at radius 2 is 2.29 bits per heavy atom. The van der Waals surface area contributed by atoms with E-state index in [2.05, 4.69) is 9.82 Å². The molecule has 8 heteroatoms. The summed E-state index contributed by atoms with van der Waals surface area (Å²) >= 11 is 0. The number of hydrogen-bond donors (Lipinski definition) is 2. The minimum absolute atomic E-state index is 0.0428. The molecule has 7 nitrogen and oxygen atoms in total. The summed E-state index contributed by atoms with van der Waals surface area (Å²) in [6.07, 6.45) is 3.61. The summed E-state index contributed by atoms with van der Waals surface area (Å²) in [4.78, 5) is 10.9. The van der Waals surface area contributed by atoms with E-state index in [4.69, 9.17) is 5.11 Å². The summed E-state index contributed by atoms with van der Waals surface area (Å²) < 4.78 is 27.3. The Labute approximate surface area is 98.5 Å². The van der Waals surface area contributed by atoms with Crippen molar-refractivity contribution in [3.05, 3.63) is 12.4 Å². The van der Waals surface area contributed by atoms with Crippen molar-refractivity contribution in [3.8, 4) is 0 Å². The van der Waals surface area contributed by atoms with E-state index in [9.17, 15) is 13.2 Å². The second-order valence-electron chi connectivity index (χ2n) is 4.26. The van der Waals surface area contributed by atoms with Gasteiger partial charge in [0.15, 0.2) is 0 Å². The molecule has 1 aliphatic carbocycles. The van der Waals surface area contributed by atoms with Gasteiger partial charge in [0.25, 0.3) is 0 Å². The zero-order chi connectivity index (χ0) is 12.7. The van der Waals surface area contributed by atoms with Crippen LogP contribution in [-0.4, -0.2) is 35.8 Å². The number of nitrogens with one attached hydrogen (secondary N) is 1. The van der Waals surface area contributed by atoms with Crippen LogP contribution in [0.5, 0.6) is 0 Å². The number of aliphatic carboxylic acids is 1. The van der Waals surface area contributed by atoms with E-state index in [-0.39, 0.29) is 11.4 Å². The molecule has 1 fully saturated rings. The average Bonchev–Trinajstić information content (AvgIpc) is 2.92. The second-order valence-corrected chi connectivity index (χ2v) is 6.03. The fraction of sp³-hybridized carbons (Fsp3) is 0.556. The Kier molecular flexibility index (Phi) is 2.70. The highest BCUT2D eigenvalue weighted by Gasteiger charge is 2.50. The Balaban J connectivity index is 2.07. The molecule has 17 heavy (non-hydrogen) atoms. The normalized spacial score (nSPS) is 17.9. The molecule has 1 saturated carbocycles. The monoisotopic (exact) mass is 259 g/mol. The average molecular weight is 259 g/mol. The molecule has 0 aromatic carbocycles. The number of aryl methyl sites for hydroxylation is 1. The molecule has 0 unspecified atom stereocenters. The number of hydrogen-bond acceptors (Lipinski definition) is 4. The number of rotatable bonds is 5. The lowest BCUT2D eigenvalue weighted by Crippen LogP contribution is -2.34. The van der Waals surface area contributed by atoms with Crippen molar-refractivity contribution in [1.29, 1.82) is 0 Å². The minimum atomic E-state index is -3.66. The zero-order valence-electron chi connectivity index (χ0n) is 9.25. The fourth-order valence-corrected chi connectivity index (χ4v) is 2.58. The smallest absolute Gasteiger partial charge is 0.310 e. The molecule has 1 aromatic heterocycles. The molecule has 2 rings (SSSR count). The molecule has 0 radical (unpaired) electrons. The predicted octanol–water partition coefficient (Wildman–Crippen LogP) is -0.437. The van der Waals surface area contributed by atoms with Crippen LogP contribution >= 0.6 is 0 Å². The summed E-state index contributed by atoms with van der Waals surface area (Å²) in [7, 11) is -2.05. The predicted molar refractivity (Wildman–Crippen MR) is 57.7 cm³/mol. The van der Waals surface area contributed by atoms with E-state index in [1.807, 2.05) is 0 Å². The maximum atomic E-state index is 11.8. The summed E-state index contributed by atoms with van der Waals surface area (Å²) in [5.41, 5.74) is -0.907. The lowest BCUT2D eigenvalue weighted by molar-refractivity contribution is -0.143. The molecule has 1 aliphatic rings. The van der Waals surface area contributed by atoms with E-state index >= 15 is 0 Å². The van der Waals surface area contributed by atoms with E-state index in [0.717, 1.165) is 0 Å². The molecule has 0 saturated heterocycles. The van der Waals surface area contributed by atoms with Gasteiger partial charge in [0.1, 0.15) is 4.90 Å². The highest BCUT2D eigenvalue weighted by atomic mass is 32.2. The van der Waals surface area contributed by atoms with E-state index in [0.29, 0.717) is 12.8 Å². The molecule has 0 spiro atoms. The molecule has 1 aromatic rings. The summed E-state index contributed by atoms with van der Waals surface area (Å²) in [5, 5.41) is 12.7. The summed E-state index contributed by atoms with van der Waals surface area (Å²) in [6.45, 7) is -0.0699. The second kappa shape index (κ2) is 3.81. The van der Waals surface area contributed by atoms with Gasteiger partial charge in [-0.25, -0.2) is 13.1 Å². The number of carbonyl (C=O) groups is 1. The van der Waals surface area contributed by atoms with E-state index in [1.165, 1.54) is 17.1 Å². The van der Waals surface area contributed by atoms with Crippen molar-refractivity contribution in [2.75, 3.05) is 6.54 Å². The van der Waals surface area contributed by atoms with Crippen LogP contribution in [0.4, 0.5) is 0 Å². The number of carboxylic acids is 1. The first-order valence-electron chi connectivity index (χ1n) is 5.07.